The summed E-state index contributed by atoms with van der Waals surface area (Å²) in [4.78, 5) is 10.9. The molecule has 0 aliphatic carbocycles. The lowest BCUT2D eigenvalue weighted by molar-refractivity contribution is -0.117. The van der Waals surface area contributed by atoms with E-state index in [-0.39, 0.29) is 12.5 Å². The van der Waals surface area contributed by atoms with Crippen molar-refractivity contribution < 1.29 is 14.6 Å². The number of nitrogens with two attached hydrogens (primary N) is 1. The number of benzene rings is 2. The van der Waals surface area contributed by atoms with Crippen molar-refractivity contribution in [3.8, 4) is 5.75 Å². The Morgan fingerprint density at radius 3 is 2.69 bits per heavy atom. The van der Waals surface area contributed by atoms with Crippen LogP contribution in [0.5, 0.6) is 5.75 Å². The summed E-state index contributed by atoms with van der Waals surface area (Å²) in [5.41, 5.74) is 6.67. The van der Waals surface area contributed by atoms with E-state index >= 15 is 0 Å². The van der Waals surface area contributed by atoms with Crippen molar-refractivity contribution in [1.29, 1.82) is 0 Å². The van der Waals surface area contributed by atoms with Crippen molar-refractivity contribution in [2.45, 2.75) is 25.5 Å². The van der Waals surface area contributed by atoms with E-state index in [1.807, 2.05) is 13.0 Å². The number of aliphatic hydroxyl groups excluding tert-OH is 1. The molecule has 0 bridgehead atoms. The third-order valence-corrected chi connectivity index (χ3v) is 4.29. The molecular weight excluding hydrogens is 375 g/mol. The van der Waals surface area contributed by atoms with Gasteiger partial charge in [0.1, 0.15) is 12.4 Å². The molecule has 2 aromatic rings. The predicted molar refractivity (Wildman–Crippen MR) is 104 cm³/mol. The molecule has 0 heterocycles. The Kier molecular flexibility index (Phi) is 7.72. The second-order valence-corrected chi connectivity index (χ2v) is 6.94. The van der Waals surface area contributed by atoms with Crippen molar-refractivity contribution in [3.05, 3.63) is 63.6 Å². The maximum atomic E-state index is 10.9. The zero-order valence-electron chi connectivity index (χ0n) is 14.4. The maximum Gasteiger partial charge on any atom is 0.221 e. The van der Waals surface area contributed by atoms with E-state index in [0.29, 0.717) is 28.9 Å². The smallest absolute Gasteiger partial charge is 0.221 e. The van der Waals surface area contributed by atoms with Crippen molar-refractivity contribution in [2.75, 3.05) is 13.2 Å². The van der Waals surface area contributed by atoms with E-state index < -0.39 is 12.0 Å². The molecule has 0 saturated heterocycles. The second kappa shape index (κ2) is 9.78. The zero-order chi connectivity index (χ0) is 19.1. The molecule has 5 nitrogen and oxygen atoms in total. The minimum atomic E-state index is -0.659. The summed E-state index contributed by atoms with van der Waals surface area (Å²) >= 11 is 12.1. The number of amides is 1. The molecule has 26 heavy (non-hydrogen) atoms. The molecule has 0 fully saturated rings. The van der Waals surface area contributed by atoms with E-state index in [2.05, 4.69) is 5.32 Å². The molecule has 1 amide bonds. The molecule has 0 saturated carbocycles. The molecule has 0 aliphatic heterocycles. The number of primary amides is 1. The second-order valence-electron chi connectivity index (χ2n) is 6.10. The fraction of sp³-hybridized carbons (Fsp3) is 0.316. The lowest BCUT2D eigenvalue weighted by Crippen LogP contribution is -2.34. The van der Waals surface area contributed by atoms with Crippen LogP contribution in [0.2, 0.25) is 10.0 Å². The molecule has 2 atom stereocenters. The Balaban J connectivity index is 1.81. The van der Waals surface area contributed by atoms with E-state index in [1.54, 1.807) is 36.4 Å². The first-order valence-corrected chi connectivity index (χ1v) is 8.97. The number of ether oxygens (including phenoxy) is 1. The average molecular weight is 397 g/mol. The molecule has 2 rings (SSSR count). The maximum absolute atomic E-state index is 10.9. The van der Waals surface area contributed by atoms with Gasteiger partial charge in [0, 0.05) is 17.6 Å². The highest BCUT2D eigenvalue weighted by Gasteiger charge is 2.11. The van der Waals surface area contributed by atoms with Gasteiger partial charge in [-0.05, 0) is 42.3 Å². The van der Waals surface area contributed by atoms with Crippen molar-refractivity contribution in [1.82, 2.24) is 5.32 Å². The van der Waals surface area contributed by atoms with Crippen LogP contribution in [-0.2, 0) is 11.2 Å². The summed E-state index contributed by atoms with van der Waals surface area (Å²) in [6, 6.07) is 12.3. The summed E-state index contributed by atoms with van der Waals surface area (Å²) in [6.45, 7) is 2.69. The van der Waals surface area contributed by atoms with Crippen LogP contribution in [0.25, 0.3) is 0 Å². The van der Waals surface area contributed by atoms with Gasteiger partial charge >= 0.3 is 0 Å². The van der Waals surface area contributed by atoms with Gasteiger partial charge in [-0.2, -0.15) is 0 Å². The molecule has 0 radical (unpaired) electrons. The van der Waals surface area contributed by atoms with E-state index in [0.717, 1.165) is 11.1 Å². The Labute approximate surface area is 163 Å². The lowest BCUT2D eigenvalue weighted by atomic mass is 10.1. The molecular formula is C19H22Cl2N2O3. The molecule has 0 aromatic heterocycles. The standard InChI is InChI=1S/C19H22Cl2N2O3/c1-12(23-10-17(24)14-3-2-4-15(20)9-14)11-26-18-6-5-13(7-16(18)21)8-19(22)25/h2-7,9,12,17,23-24H,8,10-11H2,1H3,(H2,22,25). The van der Waals surface area contributed by atoms with Crippen molar-refractivity contribution in [2.24, 2.45) is 5.73 Å². The third-order valence-electron chi connectivity index (χ3n) is 3.76. The Morgan fingerprint density at radius 2 is 2.04 bits per heavy atom. The van der Waals surface area contributed by atoms with E-state index in [4.69, 9.17) is 33.7 Å². The SMILES string of the molecule is CC(COc1ccc(CC(N)=O)cc1Cl)NCC(O)c1cccc(Cl)c1. The van der Waals surface area contributed by atoms with Crippen LogP contribution in [0.4, 0.5) is 0 Å². The molecule has 0 spiro atoms. The predicted octanol–water partition coefficient (Wildman–Crippen LogP) is 3.11. The van der Waals surface area contributed by atoms with Crippen LogP contribution in [0.1, 0.15) is 24.2 Å². The Hall–Kier alpha value is -1.79. The molecule has 2 aromatic carbocycles. The van der Waals surface area contributed by atoms with Gasteiger partial charge in [-0.3, -0.25) is 4.79 Å². The average Bonchev–Trinajstić information content (AvgIpc) is 2.58. The van der Waals surface area contributed by atoms with Crippen LogP contribution in [0, 0.1) is 0 Å². The number of carbonyl (C=O) groups excluding carboxylic acids is 1. The normalized spacial score (nSPS) is 13.2. The Bertz CT molecular complexity index is 755. The van der Waals surface area contributed by atoms with Crippen LogP contribution in [-0.4, -0.2) is 30.2 Å². The summed E-state index contributed by atoms with van der Waals surface area (Å²) in [5, 5.41) is 14.4. The topological polar surface area (TPSA) is 84.6 Å². The van der Waals surface area contributed by atoms with Crippen LogP contribution >= 0.6 is 23.2 Å². The quantitative estimate of drug-likeness (QED) is 0.607. The van der Waals surface area contributed by atoms with Gasteiger partial charge in [0.2, 0.25) is 5.91 Å². The van der Waals surface area contributed by atoms with Gasteiger partial charge < -0.3 is 20.9 Å². The third kappa shape index (κ3) is 6.50. The first-order chi connectivity index (χ1) is 12.3. The first-order valence-electron chi connectivity index (χ1n) is 8.21. The van der Waals surface area contributed by atoms with Crippen LogP contribution in [0.15, 0.2) is 42.5 Å². The summed E-state index contributed by atoms with van der Waals surface area (Å²) in [6.07, 6.45) is -0.521. The molecule has 2 unspecified atom stereocenters. The summed E-state index contributed by atoms with van der Waals surface area (Å²) in [7, 11) is 0. The highest BCUT2D eigenvalue weighted by atomic mass is 35.5. The molecule has 140 valence electrons. The zero-order valence-corrected chi connectivity index (χ0v) is 15.9. The summed E-state index contributed by atoms with van der Waals surface area (Å²) in [5.74, 6) is 0.120. The number of hydrogen-bond donors (Lipinski definition) is 3. The number of hydrogen-bond acceptors (Lipinski definition) is 4. The van der Waals surface area contributed by atoms with Crippen molar-refractivity contribution in [3.63, 3.8) is 0 Å². The van der Waals surface area contributed by atoms with Gasteiger partial charge in [-0.25, -0.2) is 0 Å². The minimum Gasteiger partial charge on any atom is -0.490 e. The fourth-order valence-electron chi connectivity index (χ4n) is 2.39. The lowest BCUT2D eigenvalue weighted by Gasteiger charge is -2.18. The Morgan fingerprint density at radius 1 is 1.27 bits per heavy atom. The van der Waals surface area contributed by atoms with Gasteiger partial charge in [0.15, 0.2) is 0 Å². The van der Waals surface area contributed by atoms with Gasteiger partial charge in [-0.15, -0.1) is 0 Å². The van der Waals surface area contributed by atoms with Gasteiger partial charge in [-0.1, -0.05) is 41.4 Å². The van der Waals surface area contributed by atoms with Crippen LogP contribution in [0.3, 0.4) is 0 Å². The van der Waals surface area contributed by atoms with Gasteiger partial charge in [0.25, 0.3) is 0 Å². The number of rotatable bonds is 9. The highest BCUT2D eigenvalue weighted by Crippen LogP contribution is 2.26. The van der Waals surface area contributed by atoms with Gasteiger partial charge in [0.05, 0.1) is 17.5 Å². The summed E-state index contributed by atoms with van der Waals surface area (Å²) < 4.78 is 5.70. The van der Waals surface area contributed by atoms with E-state index in [1.165, 1.54) is 0 Å². The molecule has 7 heteroatoms. The monoisotopic (exact) mass is 396 g/mol. The number of carbonyl (C=O) groups is 1. The highest BCUT2D eigenvalue weighted by molar-refractivity contribution is 6.32. The molecule has 4 N–H and O–H groups in total. The number of nitrogens with one attached hydrogen (secondary N) is 1. The number of aliphatic hydroxyl groups is 1. The van der Waals surface area contributed by atoms with Crippen LogP contribution < -0.4 is 15.8 Å². The first kappa shape index (κ1) is 20.5. The minimum absolute atomic E-state index is 0.00908. The fourth-order valence-corrected chi connectivity index (χ4v) is 2.85. The van der Waals surface area contributed by atoms with E-state index in [9.17, 15) is 9.90 Å². The largest absolute Gasteiger partial charge is 0.490 e. The molecule has 0 aliphatic rings. The van der Waals surface area contributed by atoms with Crippen molar-refractivity contribution >= 4 is 29.1 Å². The number of halogens is 2.